The molecule has 0 saturated carbocycles. The van der Waals surface area contributed by atoms with Crippen LogP contribution in [0.3, 0.4) is 0 Å². The lowest BCUT2D eigenvalue weighted by Gasteiger charge is -2.32. The summed E-state index contributed by atoms with van der Waals surface area (Å²) in [6.07, 6.45) is 0. The van der Waals surface area contributed by atoms with Gasteiger partial charge in [0.2, 0.25) is 0 Å². The maximum atomic E-state index is 13.9. The quantitative estimate of drug-likeness (QED) is 0.902. The number of halogens is 2. The second kappa shape index (κ2) is 7.85. The van der Waals surface area contributed by atoms with E-state index in [1.807, 2.05) is 12.1 Å². The first-order valence-electron chi connectivity index (χ1n) is 8.27. The number of piperazine rings is 1. The van der Waals surface area contributed by atoms with Crippen LogP contribution in [0.4, 0.5) is 4.39 Å². The lowest BCUT2D eigenvalue weighted by atomic mass is 10.1. The maximum Gasteiger partial charge on any atom is 0.257 e. The number of quaternary nitrogens is 1. The van der Waals surface area contributed by atoms with Gasteiger partial charge in [0.15, 0.2) is 0 Å². The second-order valence-corrected chi connectivity index (χ2v) is 6.63. The average molecular weight is 364 g/mol. The zero-order chi connectivity index (χ0) is 17.8. The van der Waals surface area contributed by atoms with Gasteiger partial charge in [-0.2, -0.15) is 0 Å². The summed E-state index contributed by atoms with van der Waals surface area (Å²) in [5.74, 6) is 0.0160. The van der Waals surface area contributed by atoms with Crippen LogP contribution in [0.1, 0.15) is 15.9 Å². The predicted molar refractivity (Wildman–Crippen MR) is 94.7 cm³/mol. The van der Waals surface area contributed by atoms with E-state index in [4.69, 9.17) is 16.3 Å². The van der Waals surface area contributed by atoms with Crippen molar-refractivity contribution >= 4 is 17.5 Å². The molecule has 1 aliphatic heterocycles. The molecule has 2 aromatic rings. The first kappa shape index (κ1) is 17.7. The number of carbonyl (C=O) groups excluding carboxylic acids is 1. The van der Waals surface area contributed by atoms with Crippen LogP contribution in [0.5, 0.6) is 5.75 Å². The van der Waals surface area contributed by atoms with Crippen LogP contribution < -0.4 is 9.64 Å². The highest BCUT2D eigenvalue weighted by molar-refractivity contribution is 6.30. The number of carbonyl (C=O) groups is 1. The van der Waals surface area contributed by atoms with E-state index in [2.05, 4.69) is 12.1 Å². The van der Waals surface area contributed by atoms with Crippen LogP contribution in [-0.2, 0) is 6.54 Å². The van der Waals surface area contributed by atoms with E-state index in [1.165, 1.54) is 22.6 Å². The Balaban J connectivity index is 1.56. The van der Waals surface area contributed by atoms with Crippen molar-refractivity contribution in [1.29, 1.82) is 0 Å². The minimum absolute atomic E-state index is 0.0861. The Hall–Kier alpha value is -2.11. The number of hydrogen-bond acceptors (Lipinski definition) is 2. The monoisotopic (exact) mass is 363 g/mol. The molecule has 25 heavy (non-hydrogen) atoms. The van der Waals surface area contributed by atoms with E-state index in [0.717, 1.165) is 25.4 Å². The highest BCUT2D eigenvalue weighted by Crippen LogP contribution is 2.16. The minimum atomic E-state index is -0.564. The van der Waals surface area contributed by atoms with Crippen molar-refractivity contribution in [2.24, 2.45) is 0 Å². The number of nitrogens with zero attached hydrogens (tertiary/aromatic N) is 1. The van der Waals surface area contributed by atoms with Crippen LogP contribution in [-0.4, -0.2) is 44.1 Å². The third-order valence-electron chi connectivity index (χ3n) is 4.53. The molecule has 1 N–H and O–H groups in total. The molecule has 6 heteroatoms. The molecule has 0 unspecified atom stereocenters. The van der Waals surface area contributed by atoms with Crippen molar-refractivity contribution in [3.05, 3.63) is 64.4 Å². The Bertz CT molecular complexity index is 744. The summed E-state index contributed by atoms with van der Waals surface area (Å²) in [5.41, 5.74) is 1.32. The fourth-order valence-electron chi connectivity index (χ4n) is 3.07. The fraction of sp³-hybridized carbons (Fsp3) is 0.316. The third-order valence-corrected chi connectivity index (χ3v) is 4.77. The molecule has 1 saturated heterocycles. The molecule has 132 valence electrons. The van der Waals surface area contributed by atoms with Gasteiger partial charge in [0.1, 0.15) is 18.1 Å². The van der Waals surface area contributed by atoms with Crippen LogP contribution >= 0.6 is 11.6 Å². The van der Waals surface area contributed by atoms with Gasteiger partial charge in [0.05, 0.1) is 38.9 Å². The van der Waals surface area contributed by atoms with Crippen molar-refractivity contribution in [3.63, 3.8) is 0 Å². The molecule has 1 fully saturated rings. The number of nitrogens with one attached hydrogen (secondary N) is 1. The summed E-state index contributed by atoms with van der Waals surface area (Å²) in [5, 5.41) is 0.294. The van der Waals surface area contributed by atoms with Crippen molar-refractivity contribution in [1.82, 2.24) is 4.90 Å². The van der Waals surface area contributed by atoms with Crippen LogP contribution in [0, 0.1) is 5.82 Å². The van der Waals surface area contributed by atoms with E-state index in [-0.39, 0.29) is 11.5 Å². The van der Waals surface area contributed by atoms with Gasteiger partial charge in [0, 0.05) is 10.6 Å². The Kier molecular flexibility index (Phi) is 5.56. The summed E-state index contributed by atoms with van der Waals surface area (Å²) in [6.45, 7) is 3.82. The molecular formula is C19H21ClFN2O2+. The van der Waals surface area contributed by atoms with Gasteiger partial charge in [-0.15, -0.1) is 0 Å². The normalized spacial score (nSPS) is 15.2. The molecule has 4 nitrogen and oxygen atoms in total. The number of amides is 1. The summed E-state index contributed by atoms with van der Waals surface area (Å²) in [7, 11) is 1.65. The zero-order valence-corrected chi connectivity index (χ0v) is 14.9. The number of hydrogen-bond donors (Lipinski definition) is 1. The number of methoxy groups -OCH3 is 1. The Morgan fingerprint density at radius 2 is 1.88 bits per heavy atom. The first-order chi connectivity index (χ1) is 12.1. The Labute approximate surface area is 151 Å². The average Bonchev–Trinajstić information content (AvgIpc) is 2.62. The van der Waals surface area contributed by atoms with Gasteiger partial charge in [-0.25, -0.2) is 4.39 Å². The van der Waals surface area contributed by atoms with Gasteiger partial charge >= 0.3 is 0 Å². The van der Waals surface area contributed by atoms with Crippen molar-refractivity contribution in [2.75, 3.05) is 33.3 Å². The van der Waals surface area contributed by atoms with Gasteiger partial charge in [-0.05, 0) is 42.5 Å². The summed E-state index contributed by atoms with van der Waals surface area (Å²) in [4.78, 5) is 15.6. The van der Waals surface area contributed by atoms with Crippen LogP contribution in [0.2, 0.25) is 5.02 Å². The maximum absolute atomic E-state index is 13.9. The molecule has 2 aromatic carbocycles. The molecule has 0 aliphatic carbocycles. The summed E-state index contributed by atoms with van der Waals surface area (Å²) >= 11 is 5.75. The Morgan fingerprint density at radius 1 is 1.20 bits per heavy atom. The van der Waals surface area contributed by atoms with E-state index < -0.39 is 5.82 Å². The molecule has 1 amide bonds. The predicted octanol–water partition coefficient (Wildman–Crippen LogP) is 2.03. The van der Waals surface area contributed by atoms with Crippen molar-refractivity contribution in [2.45, 2.75) is 6.54 Å². The topological polar surface area (TPSA) is 34.0 Å². The SMILES string of the molecule is COc1ccc(C[NH+]2CCN(C(=O)c3ccc(Cl)cc3F)CC2)cc1. The van der Waals surface area contributed by atoms with Gasteiger partial charge in [-0.3, -0.25) is 4.79 Å². The lowest BCUT2D eigenvalue weighted by Crippen LogP contribution is -3.13. The highest BCUT2D eigenvalue weighted by Gasteiger charge is 2.26. The van der Waals surface area contributed by atoms with Gasteiger partial charge in [-0.1, -0.05) is 11.6 Å². The van der Waals surface area contributed by atoms with Crippen LogP contribution in [0.15, 0.2) is 42.5 Å². The van der Waals surface area contributed by atoms with E-state index in [1.54, 1.807) is 18.1 Å². The molecule has 0 aromatic heterocycles. The lowest BCUT2D eigenvalue weighted by molar-refractivity contribution is -0.917. The number of rotatable bonds is 4. The fourth-order valence-corrected chi connectivity index (χ4v) is 3.23. The van der Waals surface area contributed by atoms with Crippen LogP contribution in [0.25, 0.3) is 0 Å². The van der Waals surface area contributed by atoms with E-state index in [9.17, 15) is 9.18 Å². The molecule has 3 rings (SSSR count). The molecule has 0 radical (unpaired) electrons. The first-order valence-corrected chi connectivity index (χ1v) is 8.65. The zero-order valence-electron chi connectivity index (χ0n) is 14.1. The standard InChI is InChI=1S/C19H20ClFN2O2/c1-25-16-5-2-14(3-6-16)13-22-8-10-23(11-9-22)19(24)17-7-4-15(20)12-18(17)21/h2-7,12H,8-11,13H2,1H3/p+1. The number of ether oxygens (including phenoxy) is 1. The third kappa shape index (κ3) is 4.30. The molecule has 0 spiro atoms. The second-order valence-electron chi connectivity index (χ2n) is 6.19. The largest absolute Gasteiger partial charge is 0.497 e. The van der Waals surface area contributed by atoms with Gasteiger partial charge < -0.3 is 14.5 Å². The summed E-state index contributed by atoms with van der Waals surface area (Å²) < 4.78 is 19.1. The van der Waals surface area contributed by atoms with Crippen molar-refractivity contribution < 1.29 is 18.8 Å². The van der Waals surface area contributed by atoms with E-state index >= 15 is 0 Å². The minimum Gasteiger partial charge on any atom is -0.497 e. The highest BCUT2D eigenvalue weighted by atomic mass is 35.5. The van der Waals surface area contributed by atoms with Gasteiger partial charge in [0.25, 0.3) is 5.91 Å². The molecule has 0 bridgehead atoms. The number of benzene rings is 2. The summed E-state index contributed by atoms with van der Waals surface area (Å²) in [6, 6.07) is 12.2. The molecule has 1 aliphatic rings. The molecule has 0 atom stereocenters. The van der Waals surface area contributed by atoms with Crippen molar-refractivity contribution in [3.8, 4) is 5.75 Å². The molecule has 1 heterocycles. The Morgan fingerprint density at radius 3 is 2.48 bits per heavy atom. The molecular weight excluding hydrogens is 343 g/mol. The smallest absolute Gasteiger partial charge is 0.257 e. The van der Waals surface area contributed by atoms with E-state index in [0.29, 0.717) is 18.1 Å².